The van der Waals surface area contributed by atoms with E-state index in [1.807, 2.05) is 0 Å². The van der Waals surface area contributed by atoms with Crippen molar-refractivity contribution in [3.8, 4) is 5.75 Å². The third kappa shape index (κ3) is 6.32. The number of halogens is 1. The molecule has 10 heteroatoms. The number of aliphatic hydroxyl groups is 1. The highest BCUT2D eigenvalue weighted by Crippen LogP contribution is 2.26. The van der Waals surface area contributed by atoms with Gasteiger partial charge in [0.2, 0.25) is 10.0 Å². The first-order valence-electron chi connectivity index (χ1n) is 8.42. The summed E-state index contributed by atoms with van der Waals surface area (Å²) < 4.78 is 33.0. The van der Waals surface area contributed by atoms with Gasteiger partial charge in [0.05, 0.1) is 13.2 Å². The number of rotatable bonds is 6. The highest BCUT2D eigenvalue weighted by molar-refractivity contribution is 7.89. The molecule has 0 aromatic heterocycles. The molecule has 27 heavy (non-hydrogen) atoms. The van der Waals surface area contributed by atoms with Crippen LogP contribution >= 0.6 is 12.4 Å². The summed E-state index contributed by atoms with van der Waals surface area (Å²) in [6.45, 7) is 6.63. The molecular formula is C17H28ClN3O5S. The predicted molar refractivity (Wildman–Crippen MR) is 105 cm³/mol. The summed E-state index contributed by atoms with van der Waals surface area (Å²) in [4.78, 5) is 12.3. The number of aliphatic hydroxyl groups excluding tert-OH is 1. The molecule has 2 rings (SSSR count). The minimum atomic E-state index is -3.86. The van der Waals surface area contributed by atoms with Gasteiger partial charge in [-0.15, -0.1) is 12.4 Å². The Kier molecular flexibility index (Phi) is 8.06. The van der Waals surface area contributed by atoms with Gasteiger partial charge in [0.1, 0.15) is 10.6 Å². The average molecular weight is 422 g/mol. The van der Waals surface area contributed by atoms with E-state index >= 15 is 0 Å². The van der Waals surface area contributed by atoms with Crippen LogP contribution < -0.4 is 20.1 Å². The maximum atomic E-state index is 12.6. The highest BCUT2D eigenvalue weighted by Gasteiger charge is 2.28. The standard InChI is InChI=1S/C17H27N3O5S.ClH/c1-17(2,3)20-26(23,24)15-7-11(5-6-14(15)25-4)16(22)19-9-12-8-18-10-13(12)21;/h5-7,12-13,18,20-21H,8-10H2,1-4H3,(H,19,22);1H. The van der Waals surface area contributed by atoms with Gasteiger partial charge in [-0.05, 0) is 39.0 Å². The Balaban J connectivity index is 0.00000364. The van der Waals surface area contributed by atoms with Crippen LogP contribution in [-0.2, 0) is 10.0 Å². The lowest BCUT2D eigenvalue weighted by atomic mass is 10.1. The Morgan fingerprint density at radius 1 is 1.33 bits per heavy atom. The van der Waals surface area contributed by atoms with E-state index in [1.54, 1.807) is 20.8 Å². The molecule has 0 saturated carbocycles. The van der Waals surface area contributed by atoms with Gasteiger partial charge >= 0.3 is 0 Å². The summed E-state index contributed by atoms with van der Waals surface area (Å²) >= 11 is 0. The largest absolute Gasteiger partial charge is 0.495 e. The SMILES string of the molecule is COc1ccc(C(=O)NCC2CNCC2O)cc1S(=O)(=O)NC(C)(C)C.Cl. The number of benzene rings is 1. The molecule has 1 fully saturated rings. The molecule has 1 amide bonds. The quantitative estimate of drug-likeness (QED) is 0.531. The van der Waals surface area contributed by atoms with Crippen LogP contribution in [0.3, 0.4) is 0 Å². The summed E-state index contributed by atoms with van der Waals surface area (Å²) in [5, 5.41) is 15.6. The normalized spacial score (nSPS) is 20.0. The molecule has 1 aliphatic rings. The third-order valence-electron chi connectivity index (χ3n) is 3.98. The first-order chi connectivity index (χ1) is 12.0. The molecule has 1 aliphatic heterocycles. The van der Waals surface area contributed by atoms with Crippen LogP contribution in [0, 0.1) is 5.92 Å². The Morgan fingerprint density at radius 3 is 2.52 bits per heavy atom. The summed E-state index contributed by atoms with van der Waals surface area (Å²) in [7, 11) is -2.49. The summed E-state index contributed by atoms with van der Waals surface area (Å²) in [5.74, 6) is -0.310. The lowest BCUT2D eigenvalue weighted by Gasteiger charge is -2.21. The van der Waals surface area contributed by atoms with E-state index < -0.39 is 27.6 Å². The average Bonchev–Trinajstić information content (AvgIpc) is 2.95. The number of carbonyl (C=O) groups is 1. The number of carbonyl (C=O) groups excluding carboxylic acids is 1. The van der Waals surface area contributed by atoms with Crippen molar-refractivity contribution < 1.29 is 23.1 Å². The first kappa shape index (κ1) is 23.6. The molecule has 1 saturated heterocycles. The molecule has 0 radical (unpaired) electrons. The van der Waals surface area contributed by atoms with E-state index in [-0.39, 0.29) is 34.5 Å². The van der Waals surface area contributed by atoms with Crippen molar-refractivity contribution >= 4 is 28.3 Å². The van der Waals surface area contributed by atoms with Gasteiger partial charge in [0.25, 0.3) is 5.91 Å². The van der Waals surface area contributed by atoms with Gasteiger partial charge in [-0.1, -0.05) is 0 Å². The second-order valence-electron chi connectivity index (χ2n) is 7.42. The van der Waals surface area contributed by atoms with Crippen molar-refractivity contribution in [2.24, 2.45) is 5.92 Å². The van der Waals surface area contributed by atoms with E-state index in [9.17, 15) is 18.3 Å². The zero-order valence-electron chi connectivity index (χ0n) is 15.9. The van der Waals surface area contributed by atoms with E-state index in [1.165, 1.54) is 25.3 Å². The zero-order chi connectivity index (χ0) is 19.5. The van der Waals surface area contributed by atoms with Crippen LogP contribution in [0.5, 0.6) is 5.75 Å². The number of hydrogen-bond acceptors (Lipinski definition) is 6. The predicted octanol–water partition coefficient (Wildman–Crippen LogP) is 0.504. The van der Waals surface area contributed by atoms with Crippen LogP contribution in [0.4, 0.5) is 0 Å². The van der Waals surface area contributed by atoms with E-state index in [4.69, 9.17) is 4.74 Å². The molecular weight excluding hydrogens is 394 g/mol. The fourth-order valence-electron chi connectivity index (χ4n) is 2.74. The van der Waals surface area contributed by atoms with Crippen molar-refractivity contribution in [1.29, 1.82) is 0 Å². The summed E-state index contributed by atoms with van der Waals surface area (Å²) in [6.07, 6.45) is -0.502. The van der Waals surface area contributed by atoms with Gasteiger partial charge in [-0.25, -0.2) is 13.1 Å². The first-order valence-corrected chi connectivity index (χ1v) is 9.91. The van der Waals surface area contributed by atoms with Crippen LogP contribution in [0.15, 0.2) is 23.1 Å². The number of sulfonamides is 1. The molecule has 8 nitrogen and oxygen atoms in total. The number of nitrogens with one attached hydrogen (secondary N) is 3. The maximum absolute atomic E-state index is 12.6. The molecule has 2 atom stereocenters. The minimum absolute atomic E-state index is 0. The summed E-state index contributed by atoms with van der Waals surface area (Å²) in [6, 6.07) is 4.26. The molecule has 4 N–H and O–H groups in total. The Hall–Kier alpha value is -1.39. The topological polar surface area (TPSA) is 117 Å². The lowest BCUT2D eigenvalue weighted by Crippen LogP contribution is -2.40. The number of hydrogen-bond donors (Lipinski definition) is 4. The van der Waals surface area contributed by atoms with Crippen LogP contribution in [0.25, 0.3) is 0 Å². The third-order valence-corrected chi connectivity index (χ3v) is 5.76. The minimum Gasteiger partial charge on any atom is -0.495 e. The van der Waals surface area contributed by atoms with Gasteiger partial charge in [-0.3, -0.25) is 4.79 Å². The van der Waals surface area contributed by atoms with E-state index in [2.05, 4.69) is 15.4 Å². The van der Waals surface area contributed by atoms with Crippen molar-refractivity contribution in [1.82, 2.24) is 15.4 Å². The molecule has 1 aromatic carbocycles. The van der Waals surface area contributed by atoms with Gasteiger partial charge in [-0.2, -0.15) is 0 Å². The van der Waals surface area contributed by atoms with Crippen molar-refractivity contribution in [2.75, 3.05) is 26.7 Å². The van der Waals surface area contributed by atoms with Crippen LogP contribution in [0.2, 0.25) is 0 Å². The Bertz CT molecular complexity index is 764. The Morgan fingerprint density at radius 2 is 2.00 bits per heavy atom. The molecule has 2 unspecified atom stereocenters. The van der Waals surface area contributed by atoms with Gasteiger partial charge in [0, 0.05) is 36.7 Å². The van der Waals surface area contributed by atoms with Crippen molar-refractivity contribution in [2.45, 2.75) is 37.3 Å². The summed E-state index contributed by atoms with van der Waals surface area (Å²) in [5.41, 5.74) is -0.464. The van der Waals surface area contributed by atoms with Gasteiger partial charge < -0.3 is 20.5 Å². The molecule has 0 bridgehead atoms. The monoisotopic (exact) mass is 421 g/mol. The number of β-amino-alcohol motifs (C(OH)–C–C–N with tert-alkyl or cyclic N) is 1. The van der Waals surface area contributed by atoms with Crippen molar-refractivity contribution in [3.05, 3.63) is 23.8 Å². The second kappa shape index (κ2) is 9.20. The molecule has 1 heterocycles. The van der Waals surface area contributed by atoms with Crippen molar-refractivity contribution in [3.63, 3.8) is 0 Å². The zero-order valence-corrected chi connectivity index (χ0v) is 17.5. The fraction of sp³-hybridized carbons (Fsp3) is 0.588. The lowest BCUT2D eigenvalue weighted by molar-refractivity contribution is 0.0927. The number of amides is 1. The van der Waals surface area contributed by atoms with Crippen LogP contribution in [0.1, 0.15) is 31.1 Å². The number of methoxy groups -OCH3 is 1. The Labute approximate surface area is 166 Å². The highest BCUT2D eigenvalue weighted by atomic mass is 35.5. The maximum Gasteiger partial charge on any atom is 0.251 e. The van der Waals surface area contributed by atoms with Gasteiger partial charge in [0.15, 0.2) is 0 Å². The molecule has 0 spiro atoms. The molecule has 154 valence electrons. The second-order valence-corrected chi connectivity index (χ2v) is 9.07. The van der Waals surface area contributed by atoms with E-state index in [0.717, 1.165) is 0 Å². The van der Waals surface area contributed by atoms with Crippen LogP contribution in [-0.4, -0.2) is 57.8 Å². The number of ether oxygens (including phenoxy) is 1. The molecule has 0 aliphatic carbocycles. The molecule has 1 aromatic rings. The fourth-order valence-corrected chi connectivity index (χ4v) is 4.35. The van der Waals surface area contributed by atoms with E-state index in [0.29, 0.717) is 19.6 Å². The smallest absolute Gasteiger partial charge is 0.251 e.